The Balaban J connectivity index is 1.54. The van der Waals surface area contributed by atoms with E-state index in [4.69, 9.17) is 9.72 Å². The van der Waals surface area contributed by atoms with Crippen molar-refractivity contribution in [2.75, 3.05) is 13.7 Å². The minimum Gasteiger partial charge on any atom is -0.497 e. The first-order valence-electron chi connectivity index (χ1n) is 9.41. The molecule has 0 saturated heterocycles. The van der Waals surface area contributed by atoms with E-state index in [0.717, 1.165) is 36.0 Å². The van der Waals surface area contributed by atoms with Gasteiger partial charge in [0, 0.05) is 25.1 Å². The van der Waals surface area contributed by atoms with E-state index in [2.05, 4.69) is 29.1 Å². The molecule has 0 spiro atoms. The average molecular weight is 385 g/mol. The molecule has 2 aromatic heterocycles. The number of nitrogens with zero attached hydrogens (tertiary/aromatic N) is 4. The lowest BCUT2D eigenvalue weighted by Gasteiger charge is -2.21. The van der Waals surface area contributed by atoms with Crippen molar-refractivity contribution < 1.29 is 4.74 Å². The smallest absolute Gasteiger partial charge is 0.275 e. The molecule has 1 saturated carbocycles. The van der Waals surface area contributed by atoms with Crippen LogP contribution in [-0.2, 0) is 13.1 Å². The van der Waals surface area contributed by atoms with Gasteiger partial charge in [0.05, 0.1) is 12.8 Å². The number of hydrogen-bond donors (Lipinski definition) is 0. The molecule has 0 amide bonds. The Morgan fingerprint density at radius 3 is 2.70 bits per heavy atom. The highest BCUT2D eigenvalue weighted by Gasteiger charge is 2.28. The van der Waals surface area contributed by atoms with E-state index in [-0.39, 0.29) is 5.56 Å². The van der Waals surface area contributed by atoms with Crippen LogP contribution < -0.4 is 10.3 Å². The minimum atomic E-state index is -0.0842. The van der Waals surface area contributed by atoms with Crippen molar-refractivity contribution in [2.45, 2.75) is 45.2 Å². The second kappa shape index (κ2) is 7.78. The van der Waals surface area contributed by atoms with Gasteiger partial charge in [-0.15, -0.1) is 0 Å². The highest BCUT2D eigenvalue weighted by Crippen LogP contribution is 2.41. The monoisotopic (exact) mass is 384 g/mol. The first-order chi connectivity index (χ1) is 13.2. The number of rotatable bonds is 8. The van der Waals surface area contributed by atoms with Crippen LogP contribution in [-0.4, -0.2) is 33.2 Å². The summed E-state index contributed by atoms with van der Waals surface area (Å²) >= 11 is 1.55. The topological polar surface area (TPSA) is 59.7 Å². The second-order valence-electron chi connectivity index (χ2n) is 7.05. The number of benzene rings is 1. The van der Waals surface area contributed by atoms with Gasteiger partial charge in [0.2, 0.25) is 4.96 Å². The van der Waals surface area contributed by atoms with Crippen molar-refractivity contribution in [3.8, 4) is 5.75 Å². The van der Waals surface area contributed by atoms with Gasteiger partial charge >= 0.3 is 0 Å². The standard InChI is InChI=1S/C20H24N4O2S/c1-3-10-23(12-14-4-8-17(26-2)9-5-14)13-16-11-18(25)24-20(21-16)27-19(22-24)15-6-7-15/h4-5,8-9,11,15H,3,6-7,10,12-13H2,1-2H3. The summed E-state index contributed by atoms with van der Waals surface area (Å²) in [4.78, 5) is 20.2. The average Bonchev–Trinajstić information content (AvgIpc) is 3.42. The molecule has 0 atom stereocenters. The Kier molecular flexibility index (Phi) is 5.22. The fourth-order valence-corrected chi connectivity index (χ4v) is 4.29. The van der Waals surface area contributed by atoms with E-state index >= 15 is 0 Å². The summed E-state index contributed by atoms with van der Waals surface area (Å²) in [5.41, 5.74) is 1.95. The SMILES string of the molecule is CCCN(Cc1ccc(OC)cc1)Cc1cc(=O)n2nc(C3CC3)sc2n1. The molecular weight excluding hydrogens is 360 g/mol. The molecule has 1 fully saturated rings. The zero-order chi connectivity index (χ0) is 18.8. The molecule has 0 aliphatic heterocycles. The van der Waals surface area contributed by atoms with Gasteiger partial charge in [-0.05, 0) is 43.5 Å². The molecular formula is C20H24N4O2S. The van der Waals surface area contributed by atoms with Crippen molar-refractivity contribution in [1.29, 1.82) is 0 Å². The first kappa shape index (κ1) is 18.1. The van der Waals surface area contributed by atoms with Crippen molar-refractivity contribution in [1.82, 2.24) is 19.5 Å². The van der Waals surface area contributed by atoms with E-state index in [1.807, 2.05) is 12.1 Å². The molecule has 0 N–H and O–H groups in total. The summed E-state index contributed by atoms with van der Waals surface area (Å²) in [5, 5.41) is 5.49. The molecule has 4 rings (SSSR count). The molecule has 142 valence electrons. The van der Waals surface area contributed by atoms with Crippen LogP contribution in [0.5, 0.6) is 5.75 Å². The van der Waals surface area contributed by atoms with Crippen LogP contribution in [0, 0.1) is 0 Å². The van der Waals surface area contributed by atoms with Crippen LogP contribution in [0.3, 0.4) is 0 Å². The molecule has 27 heavy (non-hydrogen) atoms. The van der Waals surface area contributed by atoms with Gasteiger partial charge in [0.25, 0.3) is 5.56 Å². The molecule has 1 aliphatic rings. The zero-order valence-electron chi connectivity index (χ0n) is 15.7. The number of fused-ring (bicyclic) bond motifs is 1. The highest BCUT2D eigenvalue weighted by atomic mass is 32.1. The molecule has 1 aliphatic carbocycles. The Morgan fingerprint density at radius 1 is 1.26 bits per heavy atom. The van der Waals surface area contributed by atoms with Crippen LogP contribution in [0.25, 0.3) is 4.96 Å². The normalized spacial score (nSPS) is 14.2. The number of hydrogen-bond acceptors (Lipinski definition) is 6. The number of aromatic nitrogens is 3. The summed E-state index contributed by atoms with van der Waals surface area (Å²) in [6.45, 7) is 4.58. The van der Waals surface area contributed by atoms with E-state index in [0.29, 0.717) is 17.4 Å². The predicted molar refractivity (Wildman–Crippen MR) is 107 cm³/mol. The molecule has 7 heteroatoms. The minimum absolute atomic E-state index is 0.0842. The Morgan fingerprint density at radius 2 is 2.04 bits per heavy atom. The highest BCUT2D eigenvalue weighted by molar-refractivity contribution is 7.16. The lowest BCUT2D eigenvalue weighted by Crippen LogP contribution is -2.26. The van der Waals surface area contributed by atoms with E-state index in [1.165, 1.54) is 22.9 Å². The van der Waals surface area contributed by atoms with Crippen LogP contribution in [0.15, 0.2) is 35.1 Å². The van der Waals surface area contributed by atoms with Crippen molar-refractivity contribution >= 4 is 16.3 Å². The predicted octanol–water partition coefficient (Wildman–Crippen LogP) is 3.45. The van der Waals surface area contributed by atoms with Crippen LogP contribution in [0.2, 0.25) is 0 Å². The number of methoxy groups -OCH3 is 1. The summed E-state index contributed by atoms with van der Waals surface area (Å²) < 4.78 is 6.68. The fourth-order valence-electron chi connectivity index (χ4n) is 3.20. The quantitative estimate of drug-likeness (QED) is 0.595. The van der Waals surface area contributed by atoms with Crippen LogP contribution >= 0.6 is 11.3 Å². The van der Waals surface area contributed by atoms with Crippen molar-refractivity contribution in [3.63, 3.8) is 0 Å². The molecule has 1 aromatic carbocycles. The lowest BCUT2D eigenvalue weighted by molar-refractivity contribution is 0.254. The maximum Gasteiger partial charge on any atom is 0.275 e. The Bertz CT molecular complexity index is 976. The van der Waals surface area contributed by atoms with Gasteiger partial charge in [-0.25, -0.2) is 4.98 Å². The summed E-state index contributed by atoms with van der Waals surface area (Å²) in [6, 6.07) is 9.75. The Labute approximate surface area is 162 Å². The van der Waals surface area contributed by atoms with Crippen molar-refractivity contribution in [3.05, 3.63) is 57.0 Å². The first-order valence-corrected chi connectivity index (χ1v) is 10.2. The fraction of sp³-hybridized carbons (Fsp3) is 0.450. The van der Waals surface area contributed by atoms with E-state index < -0.39 is 0 Å². The van der Waals surface area contributed by atoms with Crippen molar-refractivity contribution in [2.24, 2.45) is 0 Å². The molecule has 2 heterocycles. The molecule has 6 nitrogen and oxygen atoms in total. The molecule has 3 aromatic rings. The van der Waals surface area contributed by atoms with Gasteiger partial charge < -0.3 is 4.74 Å². The van der Waals surface area contributed by atoms with Gasteiger partial charge in [-0.1, -0.05) is 30.4 Å². The Hall–Kier alpha value is -2.25. The molecule has 0 radical (unpaired) electrons. The van der Waals surface area contributed by atoms with E-state index in [1.54, 1.807) is 24.5 Å². The third-order valence-electron chi connectivity index (χ3n) is 4.73. The van der Waals surface area contributed by atoms with Gasteiger partial charge in [-0.3, -0.25) is 9.69 Å². The summed E-state index contributed by atoms with van der Waals surface area (Å²) in [5.74, 6) is 1.39. The maximum absolute atomic E-state index is 12.5. The lowest BCUT2D eigenvalue weighted by atomic mass is 10.2. The van der Waals surface area contributed by atoms with E-state index in [9.17, 15) is 4.79 Å². The largest absolute Gasteiger partial charge is 0.497 e. The molecule has 0 bridgehead atoms. The maximum atomic E-state index is 12.5. The summed E-state index contributed by atoms with van der Waals surface area (Å²) in [7, 11) is 1.67. The third-order valence-corrected chi connectivity index (χ3v) is 5.80. The van der Waals surface area contributed by atoms with Gasteiger partial charge in [0.1, 0.15) is 10.8 Å². The zero-order valence-corrected chi connectivity index (χ0v) is 16.5. The molecule has 0 unspecified atom stereocenters. The summed E-state index contributed by atoms with van der Waals surface area (Å²) in [6.07, 6.45) is 3.39. The second-order valence-corrected chi connectivity index (χ2v) is 8.04. The van der Waals surface area contributed by atoms with Gasteiger partial charge in [0.15, 0.2) is 0 Å². The number of ether oxygens (including phenoxy) is 1. The third kappa shape index (κ3) is 4.20. The van der Waals surface area contributed by atoms with Crippen LogP contribution in [0.4, 0.5) is 0 Å². The van der Waals surface area contributed by atoms with Gasteiger partial charge in [-0.2, -0.15) is 9.61 Å². The van der Waals surface area contributed by atoms with Crippen LogP contribution in [0.1, 0.15) is 48.4 Å².